The lowest BCUT2D eigenvalue weighted by Crippen LogP contribution is -2.43. The molecule has 0 spiro atoms. The van der Waals surface area contributed by atoms with Gasteiger partial charge >= 0.3 is 0 Å². The molecule has 4 heteroatoms. The van der Waals surface area contributed by atoms with Gasteiger partial charge in [-0.15, -0.1) is 11.3 Å². The lowest BCUT2D eigenvalue weighted by atomic mass is 9.84. The first kappa shape index (κ1) is 15.5. The topological polar surface area (TPSA) is 15.3 Å². The largest absolute Gasteiger partial charge is 0.314 e. The molecular formula is C15H25BrN2S. The van der Waals surface area contributed by atoms with Gasteiger partial charge in [0.05, 0.1) is 3.79 Å². The molecule has 1 aliphatic carbocycles. The van der Waals surface area contributed by atoms with Crippen LogP contribution in [0.2, 0.25) is 0 Å². The van der Waals surface area contributed by atoms with Crippen LogP contribution in [0.4, 0.5) is 0 Å². The summed E-state index contributed by atoms with van der Waals surface area (Å²) in [5.41, 5.74) is 1.43. The standard InChI is InChI=1S/C15H25BrN2S/c1-3-17-14-7-5-4-6-13(14)10-18(2)9-12-8-15(16)19-11-12/h8,11,13-14,17H,3-7,9-10H2,1-2H3. The van der Waals surface area contributed by atoms with Gasteiger partial charge in [-0.05, 0) is 65.3 Å². The van der Waals surface area contributed by atoms with E-state index in [0.717, 1.165) is 25.0 Å². The van der Waals surface area contributed by atoms with Gasteiger partial charge in [0, 0.05) is 19.1 Å². The molecule has 1 aromatic rings. The van der Waals surface area contributed by atoms with E-state index in [1.807, 2.05) is 0 Å². The highest BCUT2D eigenvalue weighted by atomic mass is 79.9. The fourth-order valence-electron chi connectivity index (χ4n) is 3.16. The van der Waals surface area contributed by atoms with Gasteiger partial charge in [-0.25, -0.2) is 0 Å². The summed E-state index contributed by atoms with van der Waals surface area (Å²) in [5, 5.41) is 5.93. The SMILES string of the molecule is CCNC1CCCCC1CN(C)Cc1csc(Br)c1. The molecule has 1 aromatic heterocycles. The zero-order chi connectivity index (χ0) is 13.7. The fourth-order valence-corrected chi connectivity index (χ4v) is 4.36. The maximum absolute atomic E-state index is 3.68. The van der Waals surface area contributed by atoms with Crippen molar-refractivity contribution >= 4 is 27.3 Å². The quantitative estimate of drug-likeness (QED) is 0.835. The van der Waals surface area contributed by atoms with Gasteiger partial charge in [0.2, 0.25) is 0 Å². The number of thiophene rings is 1. The first-order chi connectivity index (χ1) is 9.19. The maximum atomic E-state index is 3.68. The molecule has 2 atom stereocenters. The van der Waals surface area contributed by atoms with Crippen LogP contribution in [0.3, 0.4) is 0 Å². The third-order valence-corrected chi connectivity index (χ3v) is 5.55. The summed E-state index contributed by atoms with van der Waals surface area (Å²) in [7, 11) is 2.25. The third-order valence-electron chi connectivity index (χ3n) is 4.00. The number of hydrogen-bond donors (Lipinski definition) is 1. The summed E-state index contributed by atoms with van der Waals surface area (Å²) < 4.78 is 1.24. The van der Waals surface area contributed by atoms with Crippen molar-refractivity contribution in [3.8, 4) is 0 Å². The molecule has 0 amide bonds. The van der Waals surface area contributed by atoms with E-state index >= 15 is 0 Å². The second-order valence-corrected chi connectivity index (χ2v) is 7.95. The molecule has 2 rings (SSSR count). The van der Waals surface area contributed by atoms with Gasteiger partial charge in [-0.3, -0.25) is 0 Å². The molecule has 1 heterocycles. The number of rotatable bonds is 6. The summed E-state index contributed by atoms with van der Waals surface area (Å²) in [6.07, 6.45) is 5.55. The van der Waals surface area contributed by atoms with Gasteiger partial charge in [0.1, 0.15) is 0 Å². The van der Waals surface area contributed by atoms with Crippen molar-refractivity contribution in [3.63, 3.8) is 0 Å². The van der Waals surface area contributed by atoms with E-state index in [4.69, 9.17) is 0 Å². The lowest BCUT2D eigenvalue weighted by Gasteiger charge is -2.34. The number of nitrogens with zero attached hydrogens (tertiary/aromatic N) is 1. The summed E-state index contributed by atoms with van der Waals surface area (Å²) in [4.78, 5) is 2.48. The molecule has 1 fully saturated rings. The van der Waals surface area contributed by atoms with Gasteiger partial charge in [-0.1, -0.05) is 19.8 Å². The molecule has 0 radical (unpaired) electrons. The highest BCUT2D eigenvalue weighted by molar-refractivity contribution is 9.11. The zero-order valence-corrected chi connectivity index (χ0v) is 14.4. The molecule has 1 saturated carbocycles. The zero-order valence-electron chi connectivity index (χ0n) is 12.0. The van der Waals surface area contributed by atoms with E-state index in [0.29, 0.717) is 0 Å². The minimum Gasteiger partial charge on any atom is -0.314 e. The van der Waals surface area contributed by atoms with Crippen LogP contribution >= 0.6 is 27.3 Å². The molecule has 108 valence electrons. The van der Waals surface area contributed by atoms with E-state index in [-0.39, 0.29) is 0 Å². The van der Waals surface area contributed by atoms with E-state index in [2.05, 4.69) is 51.6 Å². The Kier molecular flexibility index (Phi) is 6.33. The van der Waals surface area contributed by atoms with Crippen LogP contribution in [0, 0.1) is 5.92 Å². The molecule has 0 aliphatic heterocycles. The third kappa shape index (κ3) is 4.85. The molecule has 0 bridgehead atoms. The Morgan fingerprint density at radius 1 is 1.42 bits per heavy atom. The van der Waals surface area contributed by atoms with Crippen LogP contribution in [0.5, 0.6) is 0 Å². The highest BCUT2D eigenvalue weighted by Gasteiger charge is 2.25. The minimum atomic E-state index is 0.732. The van der Waals surface area contributed by atoms with Crippen LogP contribution in [0.25, 0.3) is 0 Å². The molecule has 1 N–H and O–H groups in total. The van der Waals surface area contributed by atoms with Gasteiger partial charge in [-0.2, -0.15) is 0 Å². The molecule has 0 aromatic carbocycles. The molecular weight excluding hydrogens is 320 g/mol. The molecule has 19 heavy (non-hydrogen) atoms. The molecule has 0 saturated heterocycles. The van der Waals surface area contributed by atoms with Crippen molar-refractivity contribution in [3.05, 3.63) is 20.8 Å². The van der Waals surface area contributed by atoms with Crippen molar-refractivity contribution in [2.45, 2.75) is 45.2 Å². The summed E-state index contributed by atoms with van der Waals surface area (Å²) in [6, 6.07) is 2.97. The van der Waals surface area contributed by atoms with Crippen LogP contribution in [0.1, 0.15) is 38.2 Å². The van der Waals surface area contributed by atoms with E-state index < -0.39 is 0 Å². The second kappa shape index (κ2) is 7.77. The first-order valence-corrected chi connectivity index (χ1v) is 9.01. The van der Waals surface area contributed by atoms with Crippen molar-refractivity contribution in [2.24, 2.45) is 5.92 Å². The lowest BCUT2D eigenvalue weighted by molar-refractivity contribution is 0.186. The van der Waals surface area contributed by atoms with Crippen LogP contribution < -0.4 is 5.32 Å². The van der Waals surface area contributed by atoms with Gasteiger partial charge in [0.25, 0.3) is 0 Å². The van der Waals surface area contributed by atoms with Crippen molar-refractivity contribution in [1.29, 1.82) is 0 Å². The maximum Gasteiger partial charge on any atom is 0.0701 e. The Balaban J connectivity index is 1.84. The second-order valence-electron chi connectivity index (χ2n) is 5.66. The Morgan fingerprint density at radius 2 is 2.21 bits per heavy atom. The molecule has 2 nitrogen and oxygen atoms in total. The van der Waals surface area contributed by atoms with Crippen LogP contribution in [-0.4, -0.2) is 31.1 Å². The minimum absolute atomic E-state index is 0.732. The predicted octanol–water partition coefficient (Wildman–Crippen LogP) is 4.11. The molecule has 2 unspecified atom stereocenters. The summed E-state index contributed by atoms with van der Waals surface area (Å²) >= 11 is 5.32. The average molecular weight is 345 g/mol. The Hall–Kier alpha value is 0.100. The summed E-state index contributed by atoms with van der Waals surface area (Å²) in [5.74, 6) is 0.820. The molecule has 1 aliphatic rings. The fraction of sp³-hybridized carbons (Fsp3) is 0.733. The Labute approximate surface area is 129 Å². The first-order valence-electron chi connectivity index (χ1n) is 7.34. The monoisotopic (exact) mass is 344 g/mol. The Morgan fingerprint density at radius 3 is 2.89 bits per heavy atom. The van der Waals surface area contributed by atoms with Crippen LogP contribution in [0.15, 0.2) is 15.2 Å². The van der Waals surface area contributed by atoms with Gasteiger partial charge < -0.3 is 10.2 Å². The smallest absolute Gasteiger partial charge is 0.0701 e. The normalized spacial score (nSPS) is 24.0. The Bertz CT molecular complexity index is 378. The predicted molar refractivity (Wildman–Crippen MR) is 87.8 cm³/mol. The summed E-state index contributed by atoms with van der Waals surface area (Å²) in [6.45, 7) is 5.60. The van der Waals surface area contributed by atoms with Crippen LogP contribution in [-0.2, 0) is 6.54 Å². The van der Waals surface area contributed by atoms with Crippen molar-refractivity contribution in [1.82, 2.24) is 10.2 Å². The van der Waals surface area contributed by atoms with Crippen molar-refractivity contribution in [2.75, 3.05) is 20.1 Å². The van der Waals surface area contributed by atoms with Crippen molar-refractivity contribution < 1.29 is 0 Å². The van der Waals surface area contributed by atoms with E-state index in [1.165, 1.54) is 41.6 Å². The average Bonchev–Trinajstić information content (AvgIpc) is 2.77. The number of nitrogens with one attached hydrogen (secondary N) is 1. The number of halogens is 1. The van der Waals surface area contributed by atoms with Gasteiger partial charge in [0.15, 0.2) is 0 Å². The van der Waals surface area contributed by atoms with E-state index in [9.17, 15) is 0 Å². The van der Waals surface area contributed by atoms with E-state index in [1.54, 1.807) is 11.3 Å². The number of hydrogen-bond acceptors (Lipinski definition) is 3. The highest BCUT2D eigenvalue weighted by Crippen LogP contribution is 2.26.